The van der Waals surface area contributed by atoms with Gasteiger partial charge in [-0.25, -0.2) is 0 Å². The predicted octanol–water partition coefficient (Wildman–Crippen LogP) is 2.85. The zero-order valence-corrected chi connectivity index (χ0v) is 10.6. The van der Waals surface area contributed by atoms with Crippen LogP contribution < -0.4 is 15.2 Å². The van der Waals surface area contributed by atoms with Crippen LogP contribution in [0.4, 0.5) is 0 Å². The summed E-state index contributed by atoms with van der Waals surface area (Å²) in [5, 5.41) is 0. The van der Waals surface area contributed by atoms with Crippen molar-refractivity contribution in [1.29, 1.82) is 0 Å². The monoisotopic (exact) mass is 235 g/mol. The zero-order chi connectivity index (χ0) is 12.5. The van der Waals surface area contributed by atoms with Crippen LogP contribution in [-0.4, -0.2) is 20.3 Å². The van der Waals surface area contributed by atoms with Crippen LogP contribution in [-0.2, 0) is 0 Å². The number of nitrogens with two attached hydrogens (primary N) is 1. The number of benzene rings is 1. The second-order valence-corrected chi connectivity index (χ2v) is 3.74. The van der Waals surface area contributed by atoms with E-state index in [-0.39, 0.29) is 0 Å². The molecular formula is C14H21NO2. The molecule has 1 aromatic rings. The van der Waals surface area contributed by atoms with E-state index in [1.54, 1.807) is 7.11 Å². The second kappa shape index (κ2) is 7.74. The Morgan fingerprint density at radius 2 is 2.12 bits per heavy atom. The normalized spacial score (nSPS) is 10.8. The van der Waals surface area contributed by atoms with Crippen molar-refractivity contribution in [2.75, 3.05) is 20.3 Å². The quantitative estimate of drug-likeness (QED) is 0.790. The van der Waals surface area contributed by atoms with Gasteiger partial charge >= 0.3 is 0 Å². The van der Waals surface area contributed by atoms with Crippen LogP contribution >= 0.6 is 0 Å². The smallest absolute Gasteiger partial charge is 0.161 e. The average molecular weight is 235 g/mol. The summed E-state index contributed by atoms with van der Waals surface area (Å²) in [4.78, 5) is 0. The van der Waals surface area contributed by atoms with Crippen LogP contribution in [0.15, 0.2) is 24.3 Å². The molecule has 0 bridgehead atoms. The highest BCUT2D eigenvalue weighted by atomic mass is 16.5. The van der Waals surface area contributed by atoms with Crippen molar-refractivity contribution in [2.45, 2.75) is 19.8 Å². The second-order valence-electron chi connectivity index (χ2n) is 3.74. The molecule has 0 saturated carbocycles. The number of hydrogen-bond donors (Lipinski definition) is 1. The van der Waals surface area contributed by atoms with Crippen LogP contribution in [0.5, 0.6) is 11.5 Å². The highest BCUT2D eigenvalue weighted by Gasteiger charge is 2.03. The number of ether oxygens (including phenoxy) is 2. The van der Waals surface area contributed by atoms with Gasteiger partial charge in [0.25, 0.3) is 0 Å². The SMILES string of the molecule is CCCOc1ccc(C=CCCN)cc1OC. The van der Waals surface area contributed by atoms with Gasteiger partial charge in [0.05, 0.1) is 13.7 Å². The Bertz CT molecular complexity index is 361. The number of hydrogen-bond acceptors (Lipinski definition) is 3. The fraction of sp³-hybridized carbons (Fsp3) is 0.429. The van der Waals surface area contributed by atoms with Gasteiger partial charge in [0, 0.05) is 0 Å². The molecule has 0 saturated heterocycles. The van der Waals surface area contributed by atoms with Crippen LogP contribution in [0.25, 0.3) is 6.08 Å². The maximum atomic E-state index is 5.59. The van der Waals surface area contributed by atoms with E-state index in [1.807, 2.05) is 24.3 Å². The fourth-order valence-corrected chi connectivity index (χ4v) is 1.43. The average Bonchev–Trinajstić information content (AvgIpc) is 2.37. The Morgan fingerprint density at radius 1 is 1.29 bits per heavy atom. The van der Waals surface area contributed by atoms with Gasteiger partial charge in [-0.15, -0.1) is 0 Å². The molecule has 0 heterocycles. The summed E-state index contributed by atoms with van der Waals surface area (Å²) in [7, 11) is 1.65. The lowest BCUT2D eigenvalue weighted by molar-refractivity contribution is 0.294. The third kappa shape index (κ3) is 4.49. The minimum absolute atomic E-state index is 0.672. The molecule has 0 aliphatic carbocycles. The van der Waals surface area contributed by atoms with Gasteiger partial charge in [-0.3, -0.25) is 0 Å². The van der Waals surface area contributed by atoms with Gasteiger partial charge in [0.2, 0.25) is 0 Å². The van der Waals surface area contributed by atoms with Gasteiger partial charge in [-0.1, -0.05) is 25.1 Å². The van der Waals surface area contributed by atoms with Gasteiger partial charge in [0.1, 0.15) is 0 Å². The Hall–Kier alpha value is -1.48. The molecule has 0 aromatic heterocycles. The third-order valence-corrected chi connectivity index (χ3v) is 2.29. The molecule has 94 valence electrons. The van der Waals surface area contributed by atoms with E-state index in [4.69, 9.17) is 15.2 Å². The van der Waals surface area contributed by atoms with E-state index in [1.165, 1.54) is 0 Å². The van der Waals surface area contributed by atoms with Crippen molar-refractivity contribution in [3.05, 3.63) is 29.8 Å². The third-order valence-electron chi connectivity index (χ3n) is 2.29. The summed E-state index contributed by atoms with van der Waals surface area (Å²) >= 11 is 0. The topological polar surface area (TPSA) is 44.5 Å². The van der Waals surface area contributed by atoms with E-state index in [2.05, 4.69) is 13.0 Å². The molecule has 0 unspecified atom stereocenters. The maximum Gasteiger partial charge on any atom is 0.161 e. The van der Waals surface area contributed by atoms with E-state index < -0.39 is 0 Å². The molecule has 0 atom stereocenters. The lowest BCUT2D eigenvalue weighted by Gasteiger charge is -2.10. The molecule has 0 spiro atoms. The molecule has 0 amide bonds. The molecule has 1 aromatic carbocycles. The molecule has 17 heavy (non-hydrogen) atoms. The summed E-state index contributed by atoms with van der Waals surface area (Å²) in [6, 6.07) is 5.93. The molecule has 0 fully saturated rings. The van der Waals surface area contributed by atoms with Crippen LogP contribution in [0, 0.1) is 0 Å². The lowest BCUT2D eigenvalue weighted by Crippen LogP contribution is -1.98. The minimum Gasteiger partial charge on any atom is -0.493 e. The Kier molecular flexibility index (Phi) is 6.18. The largest absolute Gasteiger partial charge is 0.493 e. The highest BCUT2D eigenvalue weighted by Crippen LogP contribution is 2.28. The van der Waals surface area contributed by atoms with Crippen molar-refractivity contribution in [3.8, 4) is 11.5 Å². The highest BCUT2D eigenvalue weighted by molar-refractivity contribution is 5.55. The maximum absolute atomic E-state index is 5.59. The van der Waals surface area contributed by atoms with Crippen LogP contribution in [0.2, 0.25) is 0 Å². The minimum atomic E-state index is 0.672. The van der Waals surface area contributed by atoms with E-state index >= 15 is 0 Å². The Morgan fingerprint density at radius 3 is 2.76 bits per heavy atom. The van der Waals surface area contributed by atoms with Crippen molar-refractivity contribution in [1.82, 2.24) is 0 Å². The van der Waals surface area contributed by atoms with Crippen molar-refractivity contribution >= 4 is 6.08 Å². The zero-order valence-electron chi connectivity index (χ0n) is 10.6. The molecular weight excluding hydrogens is 214 g/mol. The molecule has 2 N–H and O–H groups in total. The molecule has 0 aliphatic heterocycles. The summed E-state index contributed by atoms with van der Waals surface area (Å²) in [6.45, 7) is 3.46. The lowest BCUT2D eigenvalue weighted by atomic mass is 10.1. The summed E-state index contributed by atoms with van der Waals surface area (Å²) < 4.78 is 10.9. The molecule has 1 rings (SSSR count). The van der Waals surface area contributed by atoms with E-state index in [9.17, 15) is 0 Å². The molecule has 3 heteroatoms. The van der Waals surface area contributed by atoms with Crippen molar-refractivity contribution < 1.29 is 9.47 Å². The van der Waals surface area contributed by atoms with E-state index in [0.29, 0.717) is 13.2 Å². The van der Waals surface area contributed by atoms with E-state index in [0.717, 1.165) is 29.9 Å². The molecule has 3 nitrogen and oxygen atoms in total. The first-order valence-electron chi connectivity index (χ1n) is 5.99. The predicted molar refractivity (Wildman–Crippen MR) is 71.5 cm³/mol. The van der Waals surface area contributed by atoms with Gasteiger partial charge < -0.3 is 15.2 Å². The Labute approximate surface area is 103 Å². The first-order valence-corrected chi connectivity index (χ1v) is 5.99. The standard InChI is InChI=1S/C14H21NO2/c1-3-10-17-13-8-7-12(6-4-5-9-15)11-14(13)16-2/h4,6-8,11H,3,5,9-10,15H2,1-2H3. The number of methoxy groups -OCH3 is 1. The molecule has 0 radical (unpaired) electrons. The van der Waals surface area contributed by atoms with Crippen molar-refractivity contribution in [2.24, 2.45) is 5.73 Å². The molecule has 0 aliphatic rings. The van der Waals surface area contributed by atoms with Crippen LogP contribution in [0.1, 0.15) is 25.3 Å². The fourth-order valence-electron chi connectivity index (χ4n) is 1.43. The summed E-state index contributed by atoms with van der Waals surface area (Å²) in [5.74, 6) is 1.57. The van der Waals surface area contributed by atoms with Crippen molar-refractivity contribution in [3.63, 3.8) is 0 Å². The van der Waals surface area contributed by atoms with Gasteiger partial charge in [0.15, 0.2) is 11.5 Å². The first kappa shape index (κ1) is 13.6. The number of rotatable bonds is 7. The summed E-state index contributed by atoms with van der Waals surface area (Å²) in [6.07, 6.45) is 5.97. The summed E-state index contributed by atoms with van der Waals surface area (Å²) in [5.41, 5.74) is 6.53. The van der Waals surface area contributed by atoms with Crippen LogP contribution in [0.3, 0.4) is 0 Å². The Balaban J connectivity index is 2.77. The first-order chi connectivity index (χ1) is 8.31. The van der Waals surface area contributed by atoms with Gasteiger partial charge in [-0.2, -0.15) is 0 Å². The van der Waals surface area contributed by atoms with Gasteiger partial charge in [-0.05, 0) is 37.1 Å².